The Hall–Kier alpha value is -1.95. The molecule has 1 amide bonds. The van der Waals surface area contributed by atoms with Crippen LogP contribution < -0.4 is 0 Å². The Morgan fingerprint density at radius 1 is 1.17 bits per heavy atom. The number of carbonyl (C=O) groups is 1. The zero-order valence-corrected chi connectivity index (χ0v) is 13.8. The van der Waals surface area contributed by atoms with Crippen molar-refractivity contribution < 1.29 is 18.0 Å². The maximum atomic E-state index is 12.9. The maximum absolute atomic E-state index is 12.9. The number of hydrogen-bond donors (Lipinski definition) is 0. The molecule has 3 rings (SSSR count). The molecular weight excluding hydrogens is 335 g/mol. The first-order valence-corrected chi connectivity index (χ1v) is 8.58. The van der Waals surface area contributed by atoms with Gasteiger partial charge in [-0.15, -0.1) is 11.8 Å². The number of benzene rings is 2. The van der Waals surface area contributed by atoms with Crippen LogP contribution in [0.25, 0.3) is 0 Å². The van der Waals surface area contributed by atoms with E-state index < -0.39 is 11.7 Å². The van der Waals surface area contributed by atoms with E-state index in [9.17, 15) is 18.0 Å². The zero-order chi connectivity index (χ0) is 17.3. The second-order valence-corrected chi connectivity index (χ2v) is 6.85. The van der Waals surface area contributed by atoms with Gasteiger partial charge in [0.2, 0.25) is 0 Å². The van der Waals surface area contributed by atoms with Gasteiger partial charge in [0.25, 0.3) is 5.91 Å². The van der Waals surface area contributed by atoms with Crippen LogP contribution in [-0.2, 0) is 6.18 Å². The highest BCUT2D eigenvalue weighted by Gasteiger charge is 2.35. The molecule has 0 N–H and O–H groups in total. The van der Waals surface area contributed by atoms with E-state index in [1.807, 2.05) is 19.1 Å². The molecule has 1 heterocycles. The Labute approximate surface area is 142 Å². The van der Waals surface area contributed by atoms with E-state index >= 15 is 0 Å². The molecule has 1 fully saturated rings. The quantitative estimate of drug-likeness (QED) is 0.767. The molecule has 24 heavy (non-hydrogen) atoms. The van der Waals surface area contributed by atoms with Crippen molar-refractivity contribution in [2.75, 3.05) is 12.3 Å². The first-order chi connectivity index (χ1) is 11.4. The van der Waals surface area contributed by atoms with Crippen LogP contribution in [-0.4, -0.2) is 23.1 Å². The van der Waals surface area contributed by atoms with E-state index in [-0.39, 0.29) is 11.3 Å². The molecule has 1 aliphatic rings. The predicted molar refractivity (Wildman–Crippen MR) is 88.9 cm³/mol. The van der Waals surface area contributed by atoms with Gasteiger partial charge in [0.05, 0.1) is 5.56 Å². The molecule has 0 bridgehead atoms. The van der Waals surface area contributed by atoms with Gasteiger partial charge in [0.15, 0.2) is 0 Å². The van der Waals surface area contributed by atoms with Crippen molar-refractivity contribution in [3.8, 4) is 0 Å². The molecule has 0 spiro atoms. The number of carbonyl (C=O) groups excluding carboxylic acids is 1. The second-order valence-electron chi connectivity index (χ2n) is 5.66. The smallest absolute Gasteiger partial charge is 0.322 e. The highest BCUT2D eigenvalue weighted by Crippen LogP contribution is 2.40. The summed E-state index contributed by atoms with van der Waals surface area (Å²) in [4.78, 5) is 14.5. The zero-order valence-electron chi connectivity index (χ0n) is 13.0. The van der Waals surface area contributed by atoms with Gasteiger partial charge >= 0.3 is 6.18 Å². The summed E-state index contributed by atoms with van der Waals surface area (Å²) in [5.41, 5.74) is 1.28. The van der Waals surface area contributed by atoms with Gasteiger partial charge in [-0.2, -0.15) is 13.2 Å². The fraction of sp³-hybridized carbons (Fsp3) is 0.278. The summed E-state index contributed by atoms with van der Waals surface area (Å²) in [5.74, 6) is 0.568. The lowest BCUT2D eigenvalue weighted by Crippen LogP contribution is -2.31. The molecule has 2 aromatic rings. The van der Waals surface area contributed by atoms with Gasteiger partial charge in [0.1, 0.15) is 5.37 Å². The molecule has 0 radical (unpaired) electrons. The first-order valence-electron chi connectivity index (χ1n) is 7.53. The maximum Gasteiger partial charge on any atom is 0.416 e. The van der Waals surface area contributed by atoms with Crippen molar-refractivity contribution >= 4 is 17.7 Å². The molecule has 1 aliphatic heterocycles. The summed E-state index contributed by atoms with van der Waals surface area (Å²) >= 11 is 1.49. The third-order valence-corrected chi connectivity index (χ3v) is 5.29. The van der Waals surface area contributed by atoms with Crippen molar-refractivity contribution in [2.45, 2.75) is 18.5 Å². The fourth-order valence-corrected chi connectivity index (χ4v) is 4.04. The van der Waals surface area contributed by atoms with Crippen molar-refractivity contribution in [2.24, 2.45) is 0 Å². The largest absolute Gasteiger partial charge is 0.416 e. The SMILES string of the molecule is Cc1ccccc1C(=O)N1CCS[C@@H]1c1cccc(C(F)(F)F)c1. The average molecular weight is 351 g/mol. The molecule has 2 aromatic carbocycles. The van der Waals surface area contributed by atoms with Gasteiger partial charge in [-0.3, -0.25) is 4.79 Å². The van der Waals surface area contributed by atoms with Crippen LogP contribution in [0, 0.1) is 6.92 Å². The van der Waals surface area contributed by atoms with Gasteiger partial charge in [-0.25, -0.2) is 0 Å². The molecule has 0 saturated carbocycles. The van der Waals surface area contributed by atoms with Gasteiger partial charge in [0, 0.05) is 17.9 Å². The third kappa shape index (κ3) is 3.29. The minimum absolute atomic E-state index is 0.138. The summed E-state index contributed by atoms with van der Waals surface area (Å²) in [5, 5.41) is -0.389. The Kier molecular flexibility index (Phi) is 4.58. The number of aryl methyl sites for hydroxylation is 1. The number of halogens is 3. The number of nitrogens with zero attached hydrogens (tertiary/aromatic N) is 1. The summed E-state index contributed by atoms with van der Waals surface area (Å²) in [7, 11) is 0. The standard InChI is InChI=1S/C18H16F3NOS/c1-12-5-2-3-8-15(12)16(23)22-9-10-24-17(22)13-6-4-7-14(11-13)18(19,20)21/h2-8,11,17H,9-10H2,1H3/t17-/m1/s1. The van der Waals surface area contributed by atoms with E-state index in [0.29, 0.717) is 23.4 Å². The average Bonchev–Trinajstić information content (AvgIpc) is 3.03. The number of alkyl halides is 3. The summed E-state index contributed by atoms with van der Waals surface area (Å²) in [6.07, 6.45) is -4.38. The van der Waals surface area contributed by atoms with Crippen LogP contribution in [0.1, 0.15) is 32.4 Å². The molecule has 0 aromatic heterocycles. The third-order valence-electron chi connectivity index (χ3n) is 4.03. The Morgan fingerprint density at radius 2 is 1.92 bits per heavy atom. The number of thioether (sulfide) groups is 1. The van der Waals surface area contributed by atoms with Crippen molar-refractivity contribution in [3.05, 3.63) is 70.8 Å². The minimum atomic E-state index is -4.38. The normalized spacial score (nSPS) is 18.0. The summed E-state index contributed by atoms with van der Waals surface area (Å²) in [6.45, 7) is 2.38. The van der Waals surface area contributed by atoms with Crippen LogP contribution >= 0.6 is 11.8 Å². The number of amides is 1. The van der Waals surface area contributed by atoms with Crippen LogP contribution in [0.15, 0.2) is 48.5 Å². The van der Waals surface area contributed by atoms with Crippen LogP contribution in [0.2, 0.25) is 0 Å². The lowest BCUT2D eigenvalue weighted by atomic mass is 10.1. The molecule has 0 unspecified atom stereocenters. The predicted octanol–water partition coefficient (Wildman–Crippen LogP) is 4.90. The molecule has 1 atom stereocenters. The van der Waals surface area contributed by atoms with E-state index in [0.717, 1.165) is 17.7 Å². The first kappa shape index (κ1) is 16.9. The summed E-state index contributed by atoms with van der Waals surface area (Å²) < 4.78 is 38.8. The van der Waals surface area contributed by atoms with Crippen LogP contribution in [0.3, 0.4) is 0 Å². The van der Waals surface area contributed by atoms with E-state index in [1.54, 1.807) is 23.1 Å². The Balaban J connectivity index is 1.92. The topological polar surface area (TPSA) is 20.3 Å². The Morgan fingerprint density at radius 3 is 2.62 bits per heavy atom. The van der Waals surface area contributed by atoms with Gasteiger partial charge in [-0.05, 0) is 36.2 Å². The Bertz CT molecular complexity index is 760. The molecular formula is C18H16F3NOS. The van der Waals surface area contributed by atoms with E-state index in [1.165, 1.54) is 17.8 Å². The van der Waals surface area contributed by atoms with E-state index in [4.69, 9.17) is 0 Å². The summed E-state index contributed by atoms with van der Waals surface area (Å²) in [6, 6.07) is 12.5. The van der Waals surface area contributed by atoms with Crippen LogP contribution in [0.4, 0.5) is 13.2 Å². The van der Waals surface area contributed by atoms with Gasteiger partial charge < -0.3 is 4.90 Å². The monoisotopic (exact) mass is 351 g/mol. The molecule has 1 saturated heterocycles. The second kappa shape index (κ2) is 6.51. The van der Waals surface area contributed by atoms with Crippen LogP contribution in [0.5, 0.6) is 0 Å². The number of rotatable bonds is 2. The minimum Gasteiger partial charge on any atom is -0.322 e. The molecule has 2 nitrogen and oxygen atoms in total. The highest BCUT2D eigenvalue weighted by molar-refractivity contribution is 7.99. The molecule has 0 aliphatic carbocycles. The van der Waals surface area contributed by atoms with Gasteiger partial charge in [-0.1, -0.05) is 30.3 Å². The fourth-order valence-electron chi connectivity index (χ4n) is 2.79. The van der Waals surface area contributed by atoms with Crippen molar-refractivity contribution in [1.29, 1.82) is 0 Å². The van der Waals surface area contributed by atoms with E-state index in [2.05, 4.69) is 0 Å². The highest BCUT2D eigenvalue weighted by atomic mass is 32.2. The van der Waals surface area contributed by atoms with Crippen molar-refractivity contribution in [1.82, 2.24) is 4.90 Å². The van der Waals surface area contributed by atoms with Crippen molar-refractivity contribution in [3.63, 3.8) is 0 Å². The lowest BCUT2D eigenvalue weighted by Gasteiger charge is -2.25. The molecule has 126 valence electrons. The molecule has 6 heteroatoms. The number of hydrogen-bond acceptors (Lipinski definition) is 2. The lowest BCUT2D eigenvalue weighted by molar-refractivity contribution is -0.137.